The van der Waals surface area contributed by atoms with Crippen LogP contribution in [0.4, 0.5) is 0 Å². The number of fused-ring (bicyclic) bond motifs is 9. The molecular weight excluding hydrogens is 669 g/mol. The minimum absolute atomic E-state index is 0.584. The van der Waals surface area contributed by atoms with Gasteiger partial charge in [0.15, 0.2) is 5.82 Å². The van der Waals surface area contributed by atoms with Crippen molar-refractivity contribution in [2.45, 2.75) is 0 Å². The topological polar surface area (TPSA) is 38.9 Å². The lowest BCUT2D eigenvalue weighted by molar-refractivity contribution is 0.653. The molecule has 0 aliphatic heterocycles. The molecule has 0 N–H and O–H groups in total. The molecule has 2 aromatic heterocycles. The Hall–Kier alpha value is -7.36. The Balaban J connectivity index is 1.00. The first-order chi connectivity index (χ1) is 27.2. The zero-order valence-electron chi connectivity index (χ0n) is 29.8. The molecule has 11 aromatic rings. The van der Waals surface area contributed by atoms with E-state index in [4.69, 9.17) is 14.4 Å². The van der Waals surface area contributed by atoms with Crippen LogP contribution in [0.15, 0.2) is 199 Å². The molecule has 0 atom stereocenters. The first kappa shape index (κ1) is 31.2. The normalized spacial score (nSPS) is 11.6. The predicted octanol–water partition coefficient (Wildman–Crippen LogP) is 14.2. The lowest BCUT2D eigenvalue weighted by Crippen LogP contribution is -1.93. The van der Waals surface area contributed by atoms with Crippen LogP contribution < -0.4 is 0 Å². The summed E-state index contributed by atoms with van der Waals surface area (Å²) in [6.07, 6.45) is 0. The van der Waals surface area contributed by atoms with Gasteiger partial charge in [-0.05, 0) is 96.0 Å². The summed E-state index contributed by atoms with van der Waals surface area (Å²) >= 11 is 0. The molecule has 0 amide bonds. The molecule has 0 spiro atoms. The highest BCUT2D eigenvalue weighted by molar-refractivity contribution is 6.25. The molecule has 0 aliphatic carbocycles. The Labute approximate surface area is 317 Å². The second-order valence-corrected chi connectivity index (χ2v) is 14.1. The Bertz CT molecular complexity index is 3220. The van der Waals surface area contributed by atoms with Crippen LogP contribution in [0.1, 0.15) is 0 Å². The molecule has 3 nitrogen and oxygen atoms in total. The molecule has 11 rings (SSSR count). The highest BCUT2D eigenvalue weighted by Crippen LogP contribution is 2.40. The van der Waals surface area contributed by atoms with Gasteiger partial charge in [-0.15, -0.1) is 0 Å². The van der Waals surface area contributed by atoms with Gasteiger partial charge in [0.05, 0.1) is 11.1 Å². The van der Waals surface area contributed by atoms with Crippen LogP contribution in [0.25, 0.3) is 110 Å². The van der Waals surface area contributed by atoms with Crippen molar-refractivity contribution in [1.29, 1.82) is 0 Å². The number of benzene rings is 9. The molecule has 55 heavy (non-hydrogen) atoms. The fourth-order valence-corrected chi connectivity index (χ4v) is 8.22. The van der Waals surface area contributed by atoms with Gasteiger partial charge in [0, 0.05) is 16.5 Å². The van der Waals surface area contributed by atoms with E-state index in [0.717, 1.165) is 49.9 Å². The molecular formula is C52H32N2O. The van der Waals surface area contributed by atoms with Crippen molar-refractivity contribution in [3.63, 3.8) is 0 Å². The smallest absolute Gasteiger partial charge is 0.231 e. The van der Waals surface area contributed by atoms with E-state index in [9.17, 15) is 0 Å². The van der Waals surface area contributed by atoms with Crippen molar-refractivity contribution >= 4 is 54.4 Å². The van der Waals surface area contributed by atoms with Crippen molar-refractivity contribution in [3.05, 3.63) is 194 Å². The minimum atomic E-state index is 0.584. The van der Waals surface area contributed by atoms with Crippen LogP contribution in [0.3, 0.4) is 0 Å². The van der Waals surface area contributed by atoms with Gasteiger partial charge in [-0.1, -0.05) is 164 Å². The summed E-state index contributed by atoms with van der Waals surface area (Å²) in [6, 6.07) is 68.9. The third-order valence-corrected chi connectivity index (χ3v) is 10.9. The van der Waals surface area contributed by atoms with Gasteiger partial charge in [-0.3, -0.25) is 0 Å². The highest BCUT2D eigenvalue weighted by Gasteiger charge is 2.19. The zero-order chi connectivity index (χ0) is 36.3. The summed E-state index contributed by atoms with van der Waals surface area (Å²) in [5.41, 5.74) is 11.2. The predicted molar refractivity (Wildman–Crippen MR) is 229 cm³/mol. The number of furan rings is 1. The molecule has 256 valence electrons. The highest BCUT2D eigenvalue weighted by atomic mass is 16.3. The fourth-order valence-electron chi connectivity index (χ4n) is 8.22. The molecule has 0 saturated carbocycles. The van der Waals surface area contributed by atoms with Crippen molar-refractivity contribution < 1.29 is 4.42 Å². The van der Waals surface area contributed by atoms with Gasteiger partial charge in [0.2, 0.25) is 5.71 Å². The fraction of sp³-hybridized carbons (Fsp3) is 0. The third-order valence-electron chi connectivity index (χ3n) is 10.9. The number of rotatable bonds is 5. The molecule has 0 radical (unpaired) electrons. The average Bonchev–Trinajstić information content (AvgIpc) is 3.65. The van der Waals surface area contributed by atoms with E-state index in [2.05, 4.69) is 146 Å². The molecule has 2 heterocycles. The Morgan fingerprint density at radius 3 is 1.31 bits per heavy atom. The maximum absolute atomic E-state index is 6.44. The van der Waals surface area contributed by atoms with E-state index in [1.807, 2.05) is 48.5 Å². The van der Waals surface area contributed by atoms with Crippen LogP contribution >= 0.6 is 0 Å². The molecule has 3 heteroatoms. The molecule has 0 fully saturated rings. The standard InChI is InChI=1S/C52H32N2O/c1-3-13-33(14-4-1)50-49-47-32-40(26-28-48(47)55-52(49)54-51(53-50)34-15-5-2-6-16-34)38-20-12-18-36(30-38)35-17-11-19-37(29-35)39-25-27-45-43-23-8-7-21-41(43)42-22-9-10-24-44(42)46(45)31-39/h1-32H. The molecule has 0 unspecified atom stereocenters. The Morgan fingerprint density at radius 2 is 0.727 bits per heavy atom. The number of hydrogen-bond donors (Lipinski definition) is 0. The quantitative estimate of drug-likeness (QED) is 0.168. The minimum Gasteiger partial charge on any atom is -0.438 e. The number of hydrogen-bond acceptors (Lipinski definition) is 3. The SMILES string of the molecule is c1ccc(-c2nc(-c3ccccc3)c3c(n2)oc2ccc(-c4cccc(-c5cccc(-c6ccc7c8ccccc8c8ccccc8c7c6)c5)c4)cc23)cc1. The lowest BCUT2D eigenvalue weighted by Gasteiger charge is -2.13. The maximum atomic E-state index is 6.44. The second kappa shape index (κ2) is 12.6. The first-order valence-corrected chi connectivity index (χ1v) is 18.6. The summed E-state index contributed by atoms with van der Waals surface area (Å²) in [7, 11) is 0. The van der Waals surface area contributed by atoms with Crippen molar-refractivity contribution in [2.75, 3.05) is 0 Å². The van der Waals surface area contributed by atoms with E-state index in [0.29, 0.717) is 11.5 Å². The van der Waals surface area contributed by atoms with Crippen molar-refractivity contribution in [2.24, 2.45) is 0 Å². The van der Waals surface area contributed by atoms with Crippen LogP contribution in [-0.2, 0) is 0 Å². The van der Waals surface area contributed by atoms with Gasteiger partial charge in [-0.25, -0.2) is 4.98 Å². The summed E-state index contributed by atoms with van der Waals surface area (Å²) in [5, 5.41) is 9.62. The van der Waals surface area contributed by atoms with Gasteiger partial charge in [-0.2, -0.15) is 4.98 Å². The lowest BCUT2D eigenvalue weighted by atomic mass is 9.91. The van der Waals surface area contributed by atoms with Crippen molar-refractivity contribution in [3.8, 4) is 56.0 Å². The van der Waals surface area contributed by atoms with Crippen LogP contribution in [0, 0.1) is 0 Å². The van der Waals surface area contributed by atoms with Gasteiger partial charge in [0.1, 0.15) is 5.58 Å². The van der Waals surface area contributed by atoms with E-state index in [1.165, 1.54) is 49.0 Å². The summed E-state index contributed by atoms with van der Waals surface area (Å²) in [5.74, 6) is 0.645. The Morgan fingerprint density at radius 1 is 0.291 bits per heavy atom. The van der Waals surface area contributed by atoms with Crippen LogP contribution in [0.5, 0.6) is 0 Å². The average molecular weight is 701 g/mol. The second-order valence-electron chi connectivity index (χ2n) is 14.1. The summed E-state index contributed by atoms with van der Waals surface area (Å²) in [6.45, 7) is 0. The van der Waals surface area contributed by atoms with E-state index >= 15 is 0 Å². The van der Waals surface area contributed by atoms with E-state index in [-0.39, 0.29) is 0 Å². The van der Waals surface area contributed by atoms with Gasteiger partial charge >= 0.3 is 0 Å². The molecule has 9 aromatic carbocycles. The largest absolute Gasteiger partial charge is 0.438 e. The summed E-state index contributed by atoms with van der Waals surface area (Å²) < 4.78 is 6.44. The third kappa shape index (κ3) is 5.28. The van der Waals surface area contributed by atoms with E-state index in [1.54, 1.807) is 0 Å². The first-order valence-electron chi connectivity index (χ1n) is 18.6. The van der Waals surface area contributed by atoms with Gasteiger partial charge in [0.25, 0.3) is 0 Å². The molecule has 0 bridgehead atoms. The maximum Gasteiger partial charge on any atom is 0.231 e. The van der Waals surface area contributed by atoms with Gasteiger partial charge < -0.3 is 4.42 Å². The number of nitrogens with zero attached hydrogens (tertiary/aromatic N) is 2. The van der Waals surface area contributed by atoms with Crippen LogP contribution in [0.2, 0.25) is 0 Å². The van der Waals surface area contributed by atoms with Crippen LogP contribution in [-0.4, -0.2) is 9.97 Å². The summed E-state index contributed by atoms with van der Waals surface area (Å²) in [4.78, 5) is 10.1. The number of aromatic nitrogens is 2. The zero-order valence-corrected chi connectivity index (χ0v) is 29.8. The molecule has 0 saturated heterocycles. The van der Waals surface area contributed by atoms with E-state index < -0.39 is 0 Å². The Kier molecular flexibility index (Phi) is 7.17. The van der Waals surface area contributed by atoms with Crippen molar-refractivity contribution in [1.82, 2.24) is 9.97 Å². The molecule has 0 aliphatic rings. The monoisotopic (exact) mass is 700 g/mol.